The summed E-state index contributed by atoms with van der Waals surface area (Å²) in [5.74, 6) is 0. The van der Waals surface area contributed by atoms with Crippen LogP contribution >= 0.6 is 15.9 Å². The second-order valence-electron chi connectivity index (χ2n) is 4.08. The first-order chi connectivity index (χ1) is 9.43. The van der Waals surface area contributed by atoms with Crippen LogP contribution in [0.5, 0.6) is 0 Å². The standard InChI is InChI=1S/C13H11BrF3N3/c1-18-12(11-3-2-8(14)6-20-11)9-7-19-5-4-10(9)13(15,16)17/h2-7,12,18H,1H3. The smallest absolute Gasteiger partial charge is 0.308 e. The second-order valence-corrected chi connectivity index (χ2v) is 5.00. The number of alkyl halides is 3. The number of hydrogen-bond donors (Lipinski definition) is 1. The van der Waals surface area contributed by atoms with E-state index in [4.69, 9.17) is 0 Å². The van der Waals surface area contributed by atoms with E-state index in [9.17, 15) is 13.2 Å². The number of nitrogens with one attached hydrogen (secondary N) is 1. The average molecular weight is 346 g/mol. The lowest BCUT2D eigenvalue weighted by molar-refractivity contribution is -0.138. The molecule has 0 aliphatic heterocycles. The zero-order valence-electron chi connectivity index (χ0n) is 10.4. The highest BCUT2D eigenvalue weighted by molar-refractivity contribution is 9.10. The van der Waals surface area contributed by atoms with Gasteiger partial charge < -0.3 is 5.32 Å². The van der Waals surface area contributed by atoms with Crippen molar-refractivity contribution in [3.8, 4) is 0 Å². The van der Waals surface area contributed by atoms with Gasteiger partial charge in [0.15, 0.2) is 0 Å². The predicted molar refractivity (Wildman–Crippen MR) is 72.1 cm³/mol. The SMILES string of the molecule is CNC(c1ccc(Br)cn1)c1cnccc1C(F)(F)F. The van der Waals surface area contributed by atoms with Crippen molar-refractivity contribution >= 4 is 15.9 Å². The van der Waals surface area contributed by atoms with Gasteiger partial charge in [-0.1, -0.05) is 0 Å². The molecule has 106 valence electrons. The molecule has 7 heteroatoms. The van der Waals surface area contributed by atoms with E-state index in [1.165, 1.54) is 6.20 Å². The maximum absolute atomic E-state index is 13.0. The predicted octanol–water partition coefficient (Wildman–Crippen LogP) is 3.57. The molecule has 2 aromatic rings. The molecular formula is C13H11BrF3N3. The van der Waals surface area contributed by atoms with Crippen LogP contribution in [0.25, 0.3) is 0 Å². The molecule has 0 fully saturated rings. The van der Waals surface area contributed by atoms with Gasteiger partial charge in [-0.25, -0.2) is 0 Å². The topological polar surface area (TPSA) is 37.8 Å². The van der Waals surface area contributed by atoms with Crippen molar-refractivity contribution < 1.29 is 13.2 Å². The van der Waals surface area contributed by atoms with Crippen LogP contribution in [-0.4, -0.2) is 17.0 Å². The summed E-state index contributed by atoms with van der Waals surface area (Å²) in [6, 6.07) is 3.70. The van der Waals surface area contributed by atoms with E-state index in [1.54, 1.807) is 25.4 Å². The molecule has 1 unspecified atom stereocenters. The van der Waals surface area contributed by atoms with Crippen molar-refractivity contribution in [3.05, 3.63) is 58.1 Å². The van der Waals surface area contributed by atoms with E-state index < -0.39 is 17.8 Å². The van der Waals surface area contributed by atoms with Crippen molar-refractivity contribution in [2.45, 2.75) is 12.2 Å². The lowest BCUT2D eigenvalue weighted by atomic mass is 9.99. The van der Waals surface area contributed by atoms with Gasteiger partial charge >= 0.3 is 6.18 Å². The van der Waals surface area contributed by atoms with Gasteiger partial charge in [0.05, 0.1) is 17.3 Å². The van der Waals surface area contributed by atoms with Gasteiger partial charge in [0.25, 0.3) is 0 Å². The summed E-state index contributed by atoms with van der Waals surface area (Å²) in [6.07, 6.45) is -0.534. The summed E-state index contributed by atoms with van der Waals surface area (Å²) < 4.78 is 39.9. The third kappa shape index (κ3) is 3.16. The quantitative estimate of drug-likeness (QED) is 0.924. The van der Waals surface area contributed by atoms with E-state index in [2.05, 4.69) is 31.2 Å². The summed E-state index contributed by atoms with van der Waals surface area (Å²) in [5, 5.41) is 2.85. The third-order valence-corrected chi connectivity index (χ3v) is 3.27. The summed E-state index contributed by atoms with van der Waals surface area (Å²) in [6.45, 7) is 0. The van der Waals surface area contributed by atoms with E-state index >= 15 is 0 Å². The van der Waals surface area contributed by atoms with Gasteiger partial charge in [-0.3, -0.25) is 9.97 Å². The van der Waals surface area contributed by atoms with E-state index in [0.29, 0.717) is 5.69 Å². The van der Waals surface area contributed by atoms with Crippen LogP contribution in [0.1, 0.15) is 22.9 Å². The fourth-order valence-corrected chi connectivity index (χ4v) is 2.15. The van der Waals surface area contributed by atoms with Gasteiger partial charge in [0.1, 0.15) is 0 Å². The first-order valence-electron chi connectivity index (χ1n) is 5.73. The molecule has 0 aromatic carbocycles. The molecule has 0 amide bonds. The lowest BCUT2D eigenvalue weighted by Gasteiger charge is -2.20. The van der Waals surface area contributed by atoms with E-state index in [1.807, 2.05) is 0 Å². The van der Waals surface area contributed by atoms with Gasteiger partial charge in [-0.05, 0) is 41.2 Å². The Labute approximate surface area is 122 Å². The Morgan fingerprint density at radius 3 is 2.50 bits per heavy atom. The average Bonchev–Trinajstić information content (AvgIpc) is 2.41. The van der Waals surface area contributed by atoms with Crippen LogP contribution in [0.4, 0.5) is 13.2 Å². The Morgan fingerprint density at radius 2 is 1.95 bits per heavy atom. The van der Waals surface area contributed by atoms with Crippen LogP contribution < -0.4 is 5.32 Å². The molecule has 1 N–H and O–H groups in total. The Balaban J connectivity index is 2.50. The minimum absolute atomic E-state index is 0.0531. The van der Waals surface area contributed by atoms with Crippen molar-refractivity contribution in [2.24, 2.45) is 0 Å². The molecule has 0 saturated heterocycles. The second kappa shape index (κ2) is 5.88. The van der Waals surface area contributed by atoms with Gasteiger partial charge in [0.2, 0.25) is 0 Å². The minimum atomic E-state index is -4.43. The molecule has 0 saturated carbocycles. The van der Waals surface area contributed by atoms with E-state index in [0.717, 1.165) is 16.7 Å². The summed E-state index contributed by atoms with van der Waals surface area (Å²) in [4.78, 5) is 7.94. The first-order valence-corrected chi connectivity index (χ1v) is 6.52. The van der Waals surface area contributed by atoms with E-state index in [-0.39, 0.29) is 5.56 Å². The number of aromatic nitrogens is 2. The van der Waals surface area contributed by atoms with Crippen molar-refractivity contribution in [2.75, 3.05) is 7.05 Å². The molecule has 0 radical (unpaired) electrons. The number of halogens is 4. The fourth-order valence-electron chi connectivity index (χ4n) is 1.92. The molecule has 0 aliphatic carbocycles. The molecule has 0 spiro atoms. The van der Waals surface area contributed by atoms with Crippen LogP contribution in [-0.2, 0) is 6.18 Å². The zero-order chi connectivity index (χ0) is 14.8. The summed E-state index contributed by atoms with van der Waals surface area (Å²) >= 11 is 3.24. The monoisotopic (exact) mass is 345 g/mol. The van der Waals surface area contributed by atoms with Crippen LogP contribution in [0.3, 0.4) is 0 Å². The largest absolute Gasteiger partial charge is 0.416 e. The molecule has 2 aromatic heterocycles. The zero-order valence-corrected chi connectivity index (χ0v) is 12.0. The normalized spacial score (nSPS) is 13.2. The summed E-state index contributed by atoms with van der Waals surface area (Å²) in [5.41, 5.74) is -0.164. The number of rotatable bonds is 3. The molecule has 2 heterocycles. The van der Waals surface area contributed by atoms with Crippen molar-refractivity contribution in [1.29, 1.82) is 0 Å². The Hall–Kier alpha value is -1.47. The Bertz CT molecular complexity index is 584. The Morgan fingerprint density at radius 1 is 1.20 bits per heavy atom. The molecule has 20 heavy (non-hydrogen) atoms. The van der Waals surface area contributed by atoms with Gasteiger partial charge in [0, 0.05) is 28.6 Å². The fraction of sp³-hybridized carbons (Fsp3) is 0.231. The minimum Gasteiger partial charge on any atom is -0.308 e. The lowest BCUT2D eigenvalue weighted by Crippen LogP contribution is -2.23. The molecule has 0 bridgehead atoms. The highest BCUT2D eigenvalue weighted by Gasteiger charge is 2.35. The number of pyridine rings is 2. The maximum atomic E-state index is 13.0. The molecule has 3 nitrogen and oxygen atoms in total. The van der Waals surface area contributed by atoms with Crippen molar-refractivity contribution in [3.63, 3.8) is 0 Å². The highest BCUT2D eigenvalue weighted by atomic mass is 79.9. The molecule has 0 aliphatic rings. The first kappa shape index (κ1) is 14.9. The van der Waals surface area contributed by atoms with Crippen LogP contribution in [0.15, 0.2) is 41.3 Å². The van der Waals surface area contributed by atoms with Gasteiger partial charge in [-0.2, -0.15) is 13.2 Å². The molecule has 2 rings (SSSR count). The van der Waals surface area contributed by atoms with Crippen LogP contribution in [0.2, 0.25) is 0 Å². The number of hydrogen-bond acceptors (Lipinski definition) is 3. The molecule has 1 atom stereocenters. The highest BCUT2D eigenvalue weighted by Crippen LogP contribution is 2.35. The van der Waals surface area contributed by atoms with Crippen LogP contribution in [0, 0.1) is 0 Å². The Kier molecular flexibility index (Phi) is 4.39. The summed E-state index contributed by atoms with van der Waals surface area (Å²) in [7, 11) is 1.58. The van der Waals surface area contributed by atoms with Gasteiger partial charge in [-0.15, -0.1) is 0 Å². The third-order valence-electron chi connectivity index (χ3n) is 2.80. The number of nitrogens with zero attached hydrogens (tertiary/aromatic N) is 2. The van der Waals surface area contributed by atoms with Crippen molar-refractivity contribution in [1.82, 2.24) is 15.3 Å². The maximum Gasteiger partial charge on any atom is 0.416 e. The molecular weight excluding hydrogens is 335 g/mol.